The zero-order valence-corrected chi connectivity index (χ0v) is 64.3. The minimum absolute atomic E-state index is 0.0164. The van der Waals surface area contributed by atoms with Crippen LogP contribution in [0, 0.1) is 5.92 Å². The maximum atomic E-state index is 13.8. The number of rotatable bonds is 70. The van der Waals surface area contributed by atoms with Crippen molar-refractivity contribution in [3.63, 3.8) is 0 Å². The molecule has 42 heteroatoms. The van der Waals surface area contributed by atoms with Crippen molar-refractivity contribution in [3.8, 4) is 0 Å². The van der Waals surface area contributed by atoms with Crippen LogP contribution in [0.25, 0.3) is 0 Å². The molecular weight excluding hydrogens is 1470 g/mol. The normalized spacial score (nSPS) is 21.9. The molecule has 18 N–H and O–H groups in total. The maximum Gasteiger partial charge on any atom is 0.222 e. The lowest BCUT2D eigenvalue weighted by Gasteiger charge is -2.42. The number of hydrogen-bond donors (Lipinski definition) is 17. The van der Waals surface area contributed by atoms with Gasteiger partial charge in [-0.2, -0.15) is 0 Å². The van der Waals surface area contributed by atoms with E-state index in [1.807, 2.05) is 0 Å². The molecule has 2 heterocycles. The molecule has 2 aliphatic heterocycles. The zero-order valence-electron chi connectivity index (χ0n) is 64.3. The minimum atomic E-state index is -1.47. The van der Waals surface area contributed by atoms with Gasteiger partial charge in [-0.25, -0.2) is 0 Å². The van der Waals surface area contributed by atoms with Crippen molar-refractivity contribution in [1.82, 2.24) is 37.2 Å². The Hall–Kier alpha value is -4.83. The van der Waals surface area contributed by atoms with E-state index in [0.717, 1.165) is 0 Å². The molecule has 2 saturated heterocycles. The summed E-state index contributed by atoms with van der Waals surface area (Å²) in [5.41, 5.74) is 3.96. The lowest BCUT2D eigenvalue weighted by molar-refractivity contribution is -0.272. The summed E-state index contributed by atoms with van der Waals surface area (Å²) in [6, 6.07) is -3.17. The first kappa shape index (κ1) is 101. The summed E-state index contributed by atoms with van der Waals surface area (Å²) in [6.45, 7) is 8.59. The van der Waals surface area contributed by atoms with E-state index in [1.54, 1.807) is 13.8 Å². The zero-order chi connectivity index (χ0) is 81.2. The number of amides is 7. The first-order chi connectivity index (χ1) is 52.9. The highest BCUT2D eigenvalue weighted by Crippen LogP contribution is 2.24. The van der Waals surface area contributed by atoms with Gasteiger partial charge in [0.1, 0.15) is 60.4 Å². The molecular formula is C68H128N8O34. The summed E-state index contributed by atoms with van der Waals surface area (Å²) in [6.07, 6.45) is -14.5. The first-order valence-electron chi connectivity index (χ1n) is 37.1. The molecule has 2 rings (SSSR count). The number of nitrogens with two attached hydrogens (primary N) is 1. The van der Waals surface area contributed by atoms with Crippen molar-refractivity contribution < 1.29 is 165 Å². The third-order valence-corrected chi connectivity index (χ3v) is 16.2. The molecule has 7 amide bonds. The van der Waals surface area contributed by atoms with Crippen molar-refractivity contribution in [2.45, 2.75) is 151 Å². The predicted octanol–water partition coefficient (Wildman–Crippen LogP) is -8.89. The van der Waals surface area contributed by atoms with Crippen LogP contribution < -0.4 is 43.0 Å². The predicted molar refractivity (Wildman–Crippen MR) is 382 cm³/mol. The standard InChI is InChI=1S/C68H128N8O34/c1-46(40-77)60(87)63(90)57(73-48(3)80)47(2)106-37-34-100-29-24-95-19-11-70-53(83)6-15-103-43-68(76-56(86)9-14-93-22-27-98-32-33-99-28-23-94-18-10-69,44-104-16-7-54(84)71-12-20-96-25-30-101-35-38-107-66-58(74-49(4)81)64(91)61(88)51(41-78)109-66)45-105-17-8-55(85)72-13-21-97-26-31-102-36-39-108-67-59(75-50(5)82)65(92)62(89)52(42-79)110-67/h46-47,51-52,57-67,77-79,87-92H,6-45,69H2,1-5H3,(H,70,83)(H,71,84)(H,72,85)(H,73,80)(H,74,81)(H,75,82)(H,76,86). The number of carbonyl (C=O) groups excluding carboxylic acids is 7. The van der Waals surface area contributed by atoms with Crippen LogP contribution in [0.5, 0.6) is 0 Å². The molecule has 42 nitrogen and oxygen atoms in total. The average molecular weight is 1600 g/mol. The van der Waals surface area contributed by atoms with Crippen molar-refractivity contribution >= 4 is 41.4 Å². The van der Waals surface area contributed by atoms with Gasteiger partial charge in [0, 0.05) is 85.2 Å². The van der Waals surface area contributed by atoms with Crippen LogP contribution in [-0.4, -0.2) is 416 Å². The highest BCUT2D eigenvalue weighted by molar-refractivity contribution is 5.78. The molecule has 0 radical (unpaired) electrons. The molecule has 2 fully saturated rings. The van der Waals surface area contributed by atoms with Gasteiger partial charge in [0.15, 0.2) is 12.6 Å². The molecule has 0 aliphatic carbocycles. The molecule has 0 aromatic heterocycles. The average Bonchev–Trinajstić information content (AvgIpc) is 0.818. The summed E-state index contributed by atoms with van der Waals surface area (Å²) >= 11 is 0. The summed E-state index contributed by atoms with van der Waals surface area (Å²) in [5, 5.41) is 110. The van der Waals surface area contributed by atoms with Crippen LogP contribution in [-0.2, 0) is 119 Å². The smallest absolute Gasteiger partial charge is 0.222 e. The van der Waals surface area contributed by atoms with Gasteiger partial charge in [0.2, 0.25) is 41.4 Å². The van der Waals surface area contributed by atoms with Crippen molar-refractivity contribution in [1.29, 1.82) is 0 Å². The van der Waals surface area contributed by atoms with E-state index in [1.165, 1.54) is 20.8 Å². The van der Waals surface area contributed by atoms with Crippen LogP contribution in [0.1, 0.15) is 60.3 Å². The topological polar surface area (TPSA) is 578 Å². The number of aliphatic hydroxyl groups excluding tert-OH is 9. The number of aliphatic hydroxyl groups is 9. The Labute approximate surface area is 642 Å². The van der Waals surface area contributed by atoms with Crippen LogP contribution in [0.2, 0.25) is 0 Å². The Balaban J connectivity index is 2.01. The van der Waals surface area contributed by atoms with Crippen LogP contribution in [0.4, 0.5) is 0 Å². The van der Waals surface area contributed by atoms with Gasteiger partial charge in [0.05, 0.1) is 223 Å². The highest BCUT2D eigenvalue weighted by atomic mass is 16.7. The molecule has 0 aromatic carbocycles. The second-order valence-electron chi connectivity index (χ2n) is 25.5. The fourth-order valence-electron chi connectivity index (χ4n) is 10.4. The fraction of sp³-hybridized carbons (Fsp3) is 0.897. The van der Waals surface area contributed by atoms with E-state index in [4.69, 9.17) is 91.0 Å². The summed E-state index contributed by atoms with van der Waals surface area (Å²) < 4.78 is 102. The monoisotopic (exact) mass is 1600 g/mol. The number of nitrogens with one attached hydrogen (secondary N) is 7. The van der Waals surface area contributed by atoms with Crippen LogP contribution in [0.15, 0.2) is 0 Å². The van der Waals surface area contributed by atoms with E-state index in [0.29, 0.717) is 39.6 Å². The Morgan fingerprint density at radius 2 is 0.736 bits per heavy atom. The number of hydrogen-bond acceptors (Lipinski definition) is 35. The van der Waals surface area contributed by atoms with Crippen molar-refractivity contribution in [2.75, 3.05) is 238 Å². The Morgan fingerprint density at radius 1 is 0.409 bits per heavy atom. The molecule has 15 atom stereocenters. The third kappa shape index (κ3) is 46.5. The van der Waals surface area contributed by atoms with Gasteiger partial charge < -0.3 is 174 Å². The van der Waals surface area contributed by atoms with Gasteiger partial charge in [-0.15, -0.1) is 0 Å². The van der Waals surface area contributed by atoms with Gasteiger partial charge in [-0.3, -0.25) is 33.6 Å². The SMILES string of the molecule is CC(=O)NC(C(C)OCCOCCOCCNC(=O)CCOCC(COCCC(=O)NCCOCCOCCOC1OC(CO)C(O)C(O)C1NC(C)=O)(COCCC(=O)NCCOCCOCCOC1OC(CO)C(O)C(O)C1NC(C)=O)NC(=O)CCOCCOCCOCCOCCN)C(O)C(O)C(C)CO. The van der Waals surface area contributed by atoms with Crippen molar-refractivity contribution in [3.05, 3.63) is 0 Å². The molecule has 15 unspecified atom stereocenters. The first-order valence-corrected chi connectivity index (χ1v) is 37.1. The van der Waals surface area contributed by atoms with E-state index in [9.17, 15) is 79.5 Å². The molecule has 0 bridgehead atoms. The molecule has 0 saturated carbocycles. The van der Waals surface area contributed by atoms with E-state index in [2.05, 4.69) is 37.2 Å². The lowest BCUT2D eigenvalue weighted by Crippen LogP contribution is -2.64. The minimum Gasteiger partial charge on any atom is -0.396 e. The summed E-state index contributed by atoms with van der Waals surface area (Å²) in [5.74, 6) is -3.77. The molecule has 2 aliphatic rings. The second kappa shape index (κ2) is 63.5. The van der Waals surface area contributed by atoms with E-state index in [-0.39, 0.29) is 216 Å². The van der Waals surface area contributed by atoms with Crippen LogP contribution in [0.3, 0.4) is 0 Å². The highest BCUT2D eigenvalue weighted by Gasteiger charge is 2.47. The maximum absolute atomic E-state index is 13.8. The largest absolute Gasteiger partial charge is 0.396 e. The summed E-state index contributed by atoms with van der Waals surface area (Å²) in [4.78, 5) is 88.0. The van der Waals surface area contributed by atoms with Crippen LogP contribution >= 0.6 is 0 Å². The fourth-order valence-corrected chi connectivity index (χ4v) is 10.4. The van der Waals surface area contributed by atoms with E-state index < -0.39 is 146 Å². The van der Waals surface area contributed by atoms with Gasteiger partial charge >= 0.3 is 0 Å². The summed E-state index contributed by atoms with van der Waals surface area (Å²) in [7, 11) is 0. The Kier molecular flexibility index (Phi) is 58.4. The molecule has 0 aromatic rings. The Morgan fingerprint density at radius 3 is 1.08 bits per heavy atom. The number of carbonyl (C=O) groups is 7. The number of ether oxygens (including phenoxy) is 18. The lowest BCUT2D eigenvalue weighted by atomic mass is 9.93. The Bertz CT molecular complexity index is 2320. The third-order valence-electron chi connectivity index (χ3n) is 16.2. The molecule has 0 spiro atoms. The van der Waals surface area contributed by atoms with Crippen molar-refractivity contribution in [2.24, 2.45) is 11.7 Å². The second-order valence-corrected chi connectivity index (χ2v) is 25.5. The van der Waals surface area contributed by atoms with Gasteiger partial charge in [0.25, 0.3) is 0 Å². The van der Waals surface area contributed by atoms with E-state index >= 15 is 0 Å². The van der Waals surface area contributed by atoms with Gasteiger partial charge in [-0.05, 0) is 6.92 Å². The molecule has 644 valence electrons. The van der Waals surface area contributed by atoms with Gasteiger partial charge in [-0.1, -0.05) is 6.92 Å². The quantitative estimate of drug-likeness (QED) is 0.0252. The molecule has 110 heavy (non-hydrogen) atoms.